The van der Waals surface area contributed by atoms with Crippen molar-refractivity contribution in [2.45, 2.75) is 51.2 Å². The van der Waals surface area contributed by atoms with Crippen molar-refractivity contribution in [2.75, 3.05) is 0 Å². The zero-order valence-electron chi connectivity index (χ0n) is 12.4. The lowest BCUT2D eigenvalue weighted by molar-refractivity contribution is -0.203. The lowest BCUT2D eigenvalue weighted by Crippen LogP contribution is -2.45. The molecule has 0 bridgehead atoms. The van der Waals surface area contributed by atoms with Crippen LogP contribution in [0.25, 0.3) is 0 Å². The number of amides is 1. The Bertz CT molecular complexity index is 430. The van der Waals surface area contributed by atoms with Gasteiger partial charge in [-0.25, -0.2) is 4.79 Å². The molecule has 23 heavy (non-hydrogen) atoms. The first-order valence-electron chi connectivity index (χ1n) is 6.55. The average Bonchev–Trinajstić information content (AvgIpc) is 2.34. The Morgan fingerprint density at radius 2 is 1.61 bits per heavy atom. The predicted molar refractivity (Wildman–Crippen MR) is 68.2 cm³/mol. The van der Waals surface area contributed by atoms with E-state index in [1.54, 1.807) is 19.2 Å². The number of halogens is 6. The van der Waals surface area contributed by atoms with Crippen LogP contribution in [-0.2, 0) is 14.3 Å². The van der Waals surface area contributed by atoms with Gasteiger partial charge >= 0.3 is 24.2 Å². The van der Waals surface area contributed by atoms with Crippen LogP contribution in [0.1, 0.15) is 26.7 Å². The van der Waals surface area contributed by atoms with E-state index in [0.29, 0.717) is 0 Å². The number of hydrogen-bond acceptors (Lipinski definition) is 3. The van der Waals surface area contributed by atoms with Crippen molar-refractivity contribution in [2.24, 2.45) is 5.92 Å². The highest BCUT2D eigenvalue weighted by Gasteiger charge is 2.43. The molecule has 0 aliphatic carbocycles. The molecule has 0 heterocycles. The van der Waals surface area contributed by atoms with Crippen molar-refractivity contribution in [3.05, 3.63) is 12.7 Å². The zero-order chi connectivity index (χ0) is 18.4. The molecule has 0 fully saturated rings. The van der Waals surface area contributed by atoms with Gasteiger partial charge in [0.1, 0.15) is 6.10 Å². The summed E-state index contributed by atoms with van der Waals surface area (Å²) in [6.45, 7) is 6.48. The number of nitrogens with one attached hydrogen (secondary N) is 1. The highest BCUT2D eigenvalue weighted by atomic mass is 19.4. The highest BCUT2D eigenvalue weighted by Crippen LogP contribution is 2.21. The fourth-order valence-electron chi connectivity index (χ4n) is 1.73. The minimum Gasteiger partial charge on any atom is -0.451 e. The molecule has 1 N–H and O–H groups in total. The van der Waals surface area contributed by atoms with Crippen LogP contribution in [0.5, 0.6) is 0 Å². The number of carbonyl (C=O) groups excluding carboxylic acids is 2. The maximum absolute atomic E-state index is 12.3. The van der Waals surface area contributed by atoms with Gasteiger partial charge < -0.3 is 10.1 Å². The summed E-state index contributed by atoms with van der Waals surface area (Å²) < 4.78 is 77.3. The van der Waals surface area contributed by atoms with Crippen molar-refractivity contribution in [3.8, 4) is 0 Å². The van der Waals surface area contributed by atoms with Gasteiger partial charge in [0.05, 0.1) is 0 Å². The maximum Gasteiger partial charge on any atom is 0.490 e. The molecule has 0 aliphatic rings. The molecule has 0 aromatic carbocycles. The molecule has 0 saturated heterocycles. The monoisotopic (exact) mass is 349 g/mol. The molecular weight excluding hydrogens is 332 g/mol. The Kier molecular flexibility index (Phi) is 7.59. The quantitative estimate of drug-likeness (QED) is 0.436. The molecule has 4 nitrogen and oxygen atoms in total. The number of rotatable bonds is 7. The van der Waals surface area contributed by atoms with Gasteiger partial charge in [0.25, 0.3) is 0 Å². The smallest absolute Gasteiger partial charge is 0.451 e. The second-order valence-corrected chi connectivity index (χ2v) is 5.21. The minimum atomic E-state index is -5.23. The SMILES string of the molecule is C=CC(CC(CC(C)C)NC(=O)C(F)(F)F)OC(=O)C(F)(F)F. The van der Waals surface area contributed by atoms with Crippen LogP contribution in [0.3, 0.4) is 0 Å². The number of esters is 1. The first-order chi connectivity index (χ1) is 10.3. The largest absolute Gasteiger partial charge is 0.490 e. The Hall–Kier alpha value is -1.74. The molecule has 0 saturated carbocycles. The van der Waals surface area contributed by atoms with E-state index in [0.717, 1.165) is 6.08 Å². The van der Waals surface area contributed by atoms with E-state index in [1.165, 1.54) is 0 Å². The van der Waals surface area contributed by atoms with Crippen LogP contribution in [0.15, 0.2) is 12.7 Å². The second-order valence-electron chi connectivity index (χ2n) is 5.21. The van der Waals surface area contributed by atoms with Gasteiger partial charge in [0.2, 0.25) is 0 Å². The molecule has 0 radical (unpaired) electrons. The van der Waals surface area contributed by atoms with Crippen molar-refractivity contribution >= 4 is 11.9 Å². The summed E-state index contributed by atoms with van der Waals surface area (Å²) in [4.78, 5) is 21.7. The third-order valence-electron chi connectivity index (χ3n) is 2.62. The molecule has 0 aliphatic heterocycles. The normalized spacial score (nSPS) is 15.0. The van der Waals surface area contributed by atoms with Gasteiger partial charge in [-0.3, -0.25) is 4.79 Å². The zero-order valence-corrected chi connectivity index (χ0v) is 12.4. The van der Waals surface area contributed by atoms with Crippen LogP contribution in [0, 0.1) is 5.92 Å². The fraction of sp³-hybridized carbons (Fsp3) is 0.692. The van der Waals surface area contributed by atoms with E-state index in [9.17, 15) is 35.9 Å². The lowest BCUT2D eigenvalue weighted by atomic mass is 9.98. The van der Waals surface area contributed by atoms with Gasteiger partial charge in [0.15, 0.2) is 0 Å². The number of hydrogen-bond donors (Lipinski definition) is 1. The lowest BCUT2D eigenvalue weighted by Gasteiger charge is -2.25. The van der Waals surface area contributed by atoms with E-state index in [2.05, 4.69) is 11.3 Å². The Morgan fingerprint density at radius 3 is 1.96 bits per heavy atom. The molecule has 0 rings (SSSR count). The Balaban J connectivity index is 4.94. The molecule has 10 heteroatoms. The number of carbonyl (C=O) groups is 2. The number of alkyl halides is 6. The first-order valence-corrected chi connectivity index (χ1v) is 6.55. The van der Waals surface area contributed by atoms with Gasteiger partial charge in [-0.05, 0) is 12.3 Å². The van der Waals surface area contributed by atoms with Crippen LogP contribution in [0.4, 0.5) is 26.3 Å². The number of ether oxygens (including phenoxy) is 1. The van der Waals surface area contributed by atoms with Gasteiger partial charge in [0, 0.05) is 12.5 Å². The minimum absolute atomic E-state index is 0.0513. The summed E-state index contributed by atoms with van der Waals surface area (Å²) >= 11 is 0. The average molecular weight is 349 g/mol. The van der Waals surface area contributed by atoms with Gasteiger partial charge in [-0.2, -0.15) is 26.3 Å². The van der Waals surface area contributed by atoms with Crippen LogP contribution in [0.2, 0.25) is 0 Å². The third-order valence-corrected chi connectivity index (χ3v) is 2.62. The van der Waals surface area contributed by atoms with E-state index >= 15 is 0 Å². The molecule has 2 unspecified atom stereocenters. The van der Waals surface area contributed by atoms with Crippen LogP contribution in [-0.4, -0.2) is 36.4 Å². The summed E-state index contributed by atoms with van der Waals surface area (Å²) in [5, 5.41) is 1.68. The standard InChI is InChI=1S/C13H17F6NO3/c1-4-9(23-11(22)13(17,18)19)6-8(5-7(2)3)20-10(21)12(14,15)16/h4,7-9H,1,5-6H2,2-3H3,(H,20,21). The van der Waals surface area contributed by atoms with E-state index in [4.69, 9.17) is 0 Å². The Morgan fingerprint density at radius 1 is 1.09 bits per heavy atom. The predicted octanol–water partition coefficient (Wildman–Crippen LogP) is 3.13. The van der Waals surface area contributed by atoms with E-state index < -0.39 is 42.8 Å². The van der Waals surface area contributed by atoms with Gasteiger partial charge in [-0.15, -0.1) is 0 Å². The molecule has 134 valence electrons. The molecule has 0 aromatic rings. The van der Waals surface area contributed by atoms with Crippen molar-refractivity contribution in [1.29, 1.82) is 0 Å². The molecule has 2 atom stereocenters. The van der Waals surface area contributed by atoms with Gasteiger partial charge in [-0.1, -0.05) is 26.5 Å². The summed E-state index contributed by atoms with van der Waals surface area (Å²) in [5.41, 5.74) is 0. The molecule has 1 amide bonds. The summed E-state index contributed by atoms with van der Waals surface area (Å²) in [6.07, 6.45) is -11.4. The third kappa shape index (κ3) is 8.46. The summed E-state index contributed by atoms with van der Waals surface area (Å²) in [6, 6.07) is -1.13. The summed E-state index contributed by atoms with van der Waals surface area (Å²) in [5.74, 6) is -4.85. The van der Waals surface area contributed by atoms with Crippen molar-refractivity contribution in [1.82, 2.24) is 5.32 Å². The second kappa shape index (κ2) is 8.21. The van der Waals surface area contributed by atoms with Crippen molar-refractivity contribution in [3.63, 3.8) is 0 Å². The van der Waals surface area contributed by atoms with Crippen LogP contribution < -0.4 is 5.32 Å². The fourth-order valence-corrected chi connectivity index (χ4v) is 1.73. The molecular formula is C13H17F6NO3. The highest BCUT2D eigenvalue weighted by molar-refractivity contribution is 5.82. The van der Waals surface area contributed by atoms with E-state index in [1.807, 2.05) is 0 Å². The van der Waals surface area contributed by atoms with E-state index in [-0.39, 0.29) is 12.3 Å². The van der Waals surface area contributed by atoms with Crippen molar-refractivity contribution < 1.29 is 40.7 Å². The molecule has 0 spiro atoms. The summed E-state index contributed by atoms with van der Waals surface area (Å²) in [7, 11) is 0. The topological polar surface area (TPSA) is 55.4 Å². The Labute approximate surface area is 128 Å². The first kappa shape index (κ1) is 21.3. The maximum atomic E-state index is 12.3. The molecule has 0 aromatic heterocycles. The van der Waals surface area contributed by atoms with Crippen LogP contribution >= 0.6 is 0 Å².